The van der Waals surface area contributed by atoms with Crippen LogP contribution in [0.5, 0.6) is 0 Å². The van der Waals surface area contributed by atoms with Crippen LogP contribution in [-0.2, 0) is 0 Å². The van der Waals surface area contributed by atoms with Crippen LogP contribution in [0.2, 0.25) is 5.02 Å². The number of non-ortho nitro benzene ring substituents is 1. The third-order valence-corrected chi connectivity index (χ3v) is 2.19. The third kappa shape index (κ3) is 2.49. The van der Waals surface area contributed by atoms with Gasteiger partial charge in [-0.3, -0.25) is 10.1 Å². The van der Waals surface area contributed by atoms with Crippen molar-refractivity contribution in [2.75, 3.05) is 0 Å². The van der Waals surface area contributed by atoms with E-state index >= 15 is 0 Å². The summed E-state index contributed by atoms with van der Waals surface area (Å²) in [6.07, 6.45) is 0. The Morgan fingerprint density at radius 2 is 2.19 bits per heavy atom. The number of halogens is 1. The molecule has 0 spiro atoms. The molecule has 0 aliphatic carbocycles. The molecule has 6 heteroatoms. The number of benzene rings is 1. The van der Waals surface area contributed by atoms with Gasteiger partial charge in [-0.25, -0.2) is 0 Å². The van der Waals surface area contributed by atoms with Crippen LogP contribution in [0.15, 0.2) is 23.8 Å². The second-order valence-corrected chi connectivity index (χ2v) is 3.54. The normalized spacial score (nSPS) is 11.6. The van der Waals surface area contributed by atoms with Gasteiger partial charge in [-0.05, 0) is 13.0 Å². The van der Waals surface area contributed by atoms with Gasteiger partial charge in [-0.1, -0.05) is 11.6 Å². The van der Waals surface area contributed by atoms with Crippen LogP contribution in [0.1, 0.15) is 12.5 Å². The molecule has 0 aliphatic rings. The number of hydrogen-bond donors (Lipinski definition) is 1. The van der Waals surface area contributed by atoms with Crippen molar-refractivity contribution in [3.05, 3.63) is 44.5 Å². The molecule has 0 fully saturated rings. The molecule has 0 saturated carbocycles. The average molecular weight is 238 g/mol. The van der Waals surface area contributed by atoms with Gasteiger partial charge < -0.3 is 5.73 Å². The zero-order valence-electron chi connectivity index (χ0n) is 8.40. The number of hydrogen-bond acceptors (Lipinski definition) is 4. The van der Waals surface area contributed by atoms with Gasteiger partial charge in [-0.2, -0.15) is 5.26 Å². The van der Waals surface area contributed by atoms with Crippen LogP contribution >= 0.6 is 11.6 Å². The first-order valence-corrected chi connectivity index (χ1v) is 4.65. The number of nitriles is 1. The highest BCUT2D eigenvalue weighted by Gasteiger charge is 2.11. The summed E-state index contributed by atoms with van der Waals surface area (Å²) in [4.78, 5) is 10.0. The van der Waals surface area contributed by atoms with Crippen LogP contribution in [0.4, 0.5) is 5.69 Å². The van der Waals surface area contributed by atoms with E-state index in [0.29, 0.717) is 5.56 Å². The molecule has 0 heterocycles. The monoisotopic (exact) mass is 237 g/mol. The van der Waals surface area contributed by atoms with E-state index in [-0.39, 0.29) is 22.0 Å². The van der Waals surface area contributed by atoms with Gasteiger partial charge in [0.05, 0.1) is 16.7 Å². The number of rotatable bonds is 2. The van der Waals surface area contributed by atoms with Gasteiger partial charge in [0.2, 0.25) is 0 Å². The predicted molar refractivity (Wildman–Crippen MR) is 60.5 cm³/mol. The van der Waals surface area contributed by atoms with Gasteiger partial charge in [0.1, 0.15) is 0 Å². The van der Waals surface area contributed by atoms with Crippen molar-refractivity contribution in [3.63, 3.8) is 0 Å². The van der Waals surface area contributed by atoms with E-state index in [0.717, 1.165) is 0 Å². The number of nitrogens with two attached hydrogens (primary N) is 1. The molecule has 82 valence electrons. The molecule has 0 atom stereocenters. The van der Waals surface area contributed by atoms with Gasteiger partial charge in [0.25, 0.3) is 5.69 Å². The fraction of sp³-hybridized carbons (Fsp3) is 0.100. The van der Waals surface area contributed by atoms with Gasteiger partial charge in [0, 0.05) is 28.3 Å². The summed E-state index contributed by atoms with van der Waals surface area (Å²) in [5, 5.41) is 19.5. The first-order valence-electron chi connectivity index (χ1n) is 4.27. The molecule has 0 radical (unpaired) electrons. The summed E-state index contributed by atoms with van der Waals surface area (Å²) < 4.78 is 0. The Morgan fingerprint density at radius 3 is 2.69 bits per heavy atom. The summed E-state index contributed by atoms with van der Waals surface area (Å²) in [7, 11) is 0. The van der Waals surface area contributed by atoms with Crippen molar-refractivity contribution >= 4 is 23.0 Å². The van der Waals surface area contributed by atoms with E-state index in [2.05, 4.69) is 0 Å². The summed E-state index contributed by atoms with van der Waals surface area (Å²) in [5.41, 5.74) is 6.36. The Labute approximate surface area is 96.9 Å². The van der Waals surface area contributed by atoms with Gasteiger partial charge in [-0.15, -0.1) is 0 Å². The number of nitrogens with zero attached hydrogens (tertiary/aromatic N) is 2. The van der Waals surface area contributed by atoms with Gasteiger partial charge in [0.15, 0.2) is 0 Å². The largest absolute Gasteiger partial charge is 0.397 e. The molecule has 0 amide bonds. The lowest BCUT2D eigenvalue weighted by atomic mass is 10.1. The second-order valence-electron chi connectivity index (χ2n) is 3.11. The van der Waals surface area contributed by atoms with Crippen LogP contribution < -0.4 is 5.73 Å². The third-order valence-electron chi connectivity index (χ3n) is 1.98. The minimum Gasteiger partial charge on any atom is -0.397 e. The molecule has 5 nitrogen and oxygen atoms in total. The Bertz CT molecular complexity index is 517. The Balaban J connectivity index is 3.37. The van der Waals surface area contributed by atoms with Crippen molar-refractivity contribution in [1.29, 1.82) is 5.26 Å². The minimum atomic E-state index is -0.565. The maximum atomic E-state index is 10.6. The van der Waals surface area contributed by atoms with E-state index in [9.17, 15) is 10.1 Å². The molecule has 1 aromatic carbocycles. The first-order chi connectivity index (χ1) is 7.45. The van der Waals surface area contributed by atoms with E-state index < -0.39 is 4.92 Å². The van der Waals surface area contributed by atoms with E-state index in [1.807, 2.05) is 6.07 Å². The topological polar surface area (TPSA) is 93.0 Å². The molecule has 0 unspecified atom stereocenters. The van der Waals surface area contributed by atoms with E-state index in [1.54, 1.807) is 0 Å². The summed E-state index contributed by atoms with van der Waals surface area (Å²) in [6.45, 7) is 1.53. The standard InChI is InChI=1S/C10H8ClN3O2/c1-6(5-12)10(13)7-2-8(11)4-9(3-7)14(15)16/h2-4H,13H2,1H3/b10-6-. The zero-order valence-corrected chi connectivity index (χ0v) is 9.15. The fourth-order valence-electron chi connectivity index (χ4n) is 1.11. The highest BCUT2D eigenvalue weighted by molar-refractivity contribution is 6.31. The molecule has 0 aromatic heterocycles. The Hall–Kier alpha value is -2.06. The van der Waals surface area contributed by atoms with Crippen LogP contribution in [-0.4, -0.2) is 4.92 Å². The van der Waals surface area contributed by atoms with E-state index in [4.69, 9.17) is 22.6 Å². The number of nitro benzene ring substituents is 1. The Morgan fingerprint density at radius 1 is 1.56 bits per heavy atom. The van der Waals surface area contributed by atoms with E-state index in [1.165, 1.54) is 25.1 Å². The molecule has 1 aromatic rings. The lowest BCUT2D eigenvalue weighted by Gasteiger charge is -2.03. The predicted octanol–water partition coefficient (Wildman–Crippen LogP) is 2.46. The molecule has 2 N–H and O–H groups in total. The molecular formula is C10H8ClN3O2. The zero-order chi connectivity index (χ0) is 12.3. The molecule has 1 rings (SSSR count). The van der Waals surface area contributed by atoms with Crippen LogP contribution in [0.25, 0.3) is 5.70 Å². The summed E-state index contributed by atoms with van der Waals surface area (Å²) >= 11 is 5.72. The van der Waals surface area contributed by atoms with Crippen molar-refractivity contribution in [1.82, 2.24) is 0 Å². The number of nitro groups is 1. The number of allylic oxidation sites excluding steroid dienone is 1. The van der Waals surface area contributed by atoms with Gasteiger partial charge >= 0.3 is 0 Å². The maximum absolute atomic E-state index is 10.6. The first kappa shape index (κ1) is 12.0. The smallest absolute Gasteiger partial charge is 0.271 e. The fourth-order valence-corrected chi connectivity index (χ4v) is 1.34. The van der Waals surface area contributed by atoms with Crippen molar-refractivity contribution < 1.29 is 4.92 Å². The quantitative estimate of drug-likeness (QED) is 0.486. The maximum Gasteiger partial charge on any atom is 0.271 e. The second kappa shape index (κ2) is 4.64. The average Bonchev–Trinajstić information content (AvgIpc) is 2.26. The Kier molecular flexibility index (Phi) is 3.48. The molecule has 16 heavy (non-hydrogen) atoms. The SMILES string of the molecule is C/C(C#N)=C(/N)c1cc(Cl)cc([N+](=O)[O-])c1. The van der Waals surface area contributed by atoms with Crippen molar-refractivity contribution in [2.45, 2.75) is 6.92 Å². The summed E-state index contributed by atoms with van der Waals surface area (Å²) in [6, 6.07) is 5.85. The van der Waals surface area contributed by atoms with Crippen molar-refractivity contribution in [2.24, 2.45) is 5.73 Å². The molecular weight excluding hydrogens is 230 g/mol. The lowest BCUT2D eigenvalue weighted by Crippen LogP contribution is -2.00. The highest BCUT2D eigenvalue weighted by atomic mass is 35.5. The molecule has 0 bridgehead atoms. The minimum absolute atomic E-state index is 0.156. The van der Waals surface area contributed by atoms with Crippen molar-refractivity contribution in [3.8, 4) is 6.07 Å². The van der Waals surface area contributed by atoms with Crippen LogP contribution in [0, 0.1) is 21.4 Å². The van der Waals surface area contributed by atoms with Crippen LogP contribution in [0.3, 0.4) is 0 Å². The molecule has 0 saturated heterocycles. The molecule has 0 aliphatic heterocycles. The highest BCUT2D eigenvalue weighted by Crippen LogP contribution is 2.24. The lowest BCUT2D eigenvalue weighted by molar-refractivity contribution is -0.384. The summed E-state index contributed by atoms with van der Waals surface area (Å²) in [5.74, 6) is 0.